The van der Waals surface area contributed by atoms with Crippen LogP contribution in [0.5, 0.6) is 11.5 Å². The zero-order chi connectivity index (χ0) is 33.9. The van der Waals surface area contributed by atoms with Gasteiger partial charge in [0.05, 0.1) is 5.92 Å². The van der Waals surface area contributed by atoms with Gasteiger partial charge in [-0.25, -0.2) is 4.79 Å². The molecule has 0 bridgehead atoms. The van der Waals surface area contributed by atoms with Crippen LogP contribution in [0.1, 0.15) is 36.8 Å². The first-order valence-corrected chi connectivity index (χ1v) is 15.3. The van der Waals surface area contributed by atoms with E-state index in [1.54, 1.807) is 30.1 Å². The normalized spacial score (nSPS) is 10.8. The molecule has 4 aromatic rings. The second kappa shape index (κ2) is 20.4. The number of aryl methyl sites for hydroxylation is 1. The number of para-hydroxylation sites is 1. The minimum Gasteiger partial charge on any atom is -0.481 e. The predicted octanol–water partition coefficient (Wildman–Crippen LogP) is 6.25. The Morgan fingerprint density at radius 3 is 2.09 bits per heavy atom. The fourth-order valence-electron chi connectivity index (χ4n) is 3.90. The molecule has 1 aromatic heterocycles. The molecule has 0 saturated carbocycles. The summed E-state index contributed by atoms with van der Waals surface area (Å²) in [7, 11) is 0. The zero-order valence-corrected chi connectivity index (χ0v) is 26.6. The maximum atomic E-state index is 12.0. The Hall–Kier alpha value is -4.61. The Morgan fingerprint density at radius 1 is 0.913 bits per heavy atom. The fourth-order valence-corrected chi connectivity index (χ4v) is 4.31. The summed E-state index contributed by atoms with van der Waals surface area (Å²) in [5, 5.41) is 17.6. The summed E-state index contributed by atoms with van der Waals surface area (Å²) in [6.45, 7) is 3.20. The van der Waals surface area contributed by atoms with Crippen molar-refractivity contribution in [2.24, 2.45) is 0 Å². The van der Waals surface area contributed by atoms with Crippen LogP contribution in [-0.4, -0.2) is 57.0 Å². The third kappa shape index (κ3) is 14.0. The number of aromatic nitrogens is 2. The van der Waals surface area contributed by atoms with E-state index >= 15 is 0 Å². The van der Waals surface area contributed by atoms with Crippen molar-refractivity contribution in [1.82, 2.24) is 9.97 Å². The third-order valence-corrected chi connectivity index (χ3v) is 6.69. The highest BCUT2D eigenvalue weighted by Crippen LogP contribution is 2.25. The fraction of sp³-hybridized carbons (Fsp3) is 0.273. The molecule has 4 rings (SSSR count). The van der Waals surface area contributed by atoms with Crippen LogP contribution in [0.4, 0.5) is 10.1 Å². The molecule has 0 aliphatic heterocycles. The second-order valence-electron chi connectivity index (χ2n) is 9.75. The number of benzene rings is 3. The second-order valence-corrected chi connectivity index (χ2v) is 10.5. The minimum atomic E-state index is -1.00. The van der Waals surface area contributed by atoms with E-state index in [0.29, 0.717) is 30.1 Å². The van der Waals surface area contributed by atoms with Gasteiger partial charge in [-0.1, -0.05) is 42.5 Å². The number of hydrogen-bond donors (Lipinski definition) is 4. The van der Waals surface area contributed by atoms with Crippen molar-refractivity contribution in [3.63, 3.8) is 0 Å². The van der Waals surface area contributed by atoms with Crippen molar-refractivity contribution in [3.8, 4) is 11.5 Å². The number of carbonyl (C=O) groups is 2. The average Bonchev–Trinajstić information content (AvgIpc) is 3.04. The van der Waals surface area contributed by atoms with Gasteiger partial charge >= 0.3 is 17.6 Å². The topological polar surface area (TPSA) is 153 Å². The van der Waals surface area contributed by atoms with Gasteiger partial charge < -0.3 is 24.8 Å². The van der Waals surface area contributed by atoms with Crippen molar-refractivity contribution < 1.29 is 28.9 Å². The number of alkyl halides is 2. The SMILES string of the molecule is CC(C(=O)O)c1cccc(Oc2ccccc2)c1.O=C(O)CCCc1ccc(N(CCCl)CCCl)cc1.O=c1[nH]cc(F)c(=O)[nH]1. The number of nitrogens with one attached hydrogen (secondary N) is 2. The number of carboxylic acids is 2. The van der Waals surface area contributed by atoms with Gasteiger partial charge in [-0.2, -0.15) is 4.39 Å². The lowest BCUT2D eigenvalue weighted by Crippen LogP contribution is -2.27. The van der Waals surface area contributed by atoms with E-state index in [-0.39, 0.29) is 6.42 Å². The largest absolute Gasteiger partial charge is 0.481 e. The van der Waals surface area contributed by atoms with E-state index in [0.717, 1.165) is 42.1 Å². The lowest BCUT2D eigenvalue weighted by molar-refractivity contribution is -0.138. The number of H-pyrrole nitrogens is 2. The Bertz CT molecular complexity index is 1610. The highest BCUT2D eigenvalue weighted by atomic mass is 35.5. The summed E-state index contributed by atoms with van der Waals surface area (Å²) < 4.78 is 17.6. The van der Waals surface area contributed by atoms with E-state index in [1.807, 2.05) is 65.6 Å². The van der Waals surface area contributed by atoms with E-state index in [2.05, 4.69) is 4.90 Å². The predicted molar refractivity (Wildman–Crippen MR) is 177 cm³/mol. The minimum absolute atomic E-state index is 0.215. The number of nitrogens with zero attached hydrogens (tertiary/aromatic N) is 1. The van der Waals surface area contributed by atoms with E-state index < -0.39 is 34.9 Å². The Kier molecular flexibility index (Phi) is 16.7. The first-order valence-electron chi connectivity index (χ1n) is 14.2. The number of rotatable bonds is 13. The summed E-state index contributed by atoms with van der Waals surface area (Å²) in [6, 6.07) is 24.7. The van der Waals surface area contributed by atoms with Crippen LogP contribution < -0.4 is 20.9 Å². The molecule has 0 radical (unpaired) electrons. The van der Waals surface area contributed by atoms with Crippen LogP contribution in [-0.2, 0) is 16.0 Å². The summed E-state index contributed by atoms with van der Waals surface area (Å²) in [5.74, 6) is -0.601. The Labute approximate surface area is 275 Å². The molecule has 13 heteroatoms. The number of anilines is 1. The van der Waals surface area contributed by atoms with Crippen molar-refractivity contribution in [2.45, 2.75) is 32.1 Å². The Morgan fingerprint density at radius 2 is 1.54 bits per heavy atom. The first kappa shape index (κ1) is 37.6. The molecule has 0 aliphatic carbocycles. The quantitative estimate of drug-likeness (QED) is 0.121. The molecule has 246 valence electrons. The Balaban J connectivity index is 0.000000255. The van der Waals surface area contributed by atoms with Crippen LogP contribution in [0.2, 0.25) is 0 Å². The molecule has 10 nitrogen and oxygen atoms in total. The van der Waals surface area contributed by atoms with Gasteiger partial charge in [0.2, 0.25) is 5.82 Å². The molecule has 0 aliphatic rings. The van der Waals surface area contributed by atoms with E-state index in [1.165, 1.54) is 0 Å². The van der Waals surface area contributed by atoms with Crippen molar-refractivity contribution in [2.75, 3.05) is 29.7 Å². The molecule has 0 spiro atoms. The van der Waals surface area contributed by atoms with Crippen LogP contribution in [0.3, 0.4) is 0 Å². The molecule has 1 unspecified atom stereocenters. The summed E-state index contributed by atoms with van der Waals surface area (Å²) in [4.78, 5) is 47.5. The molecule has 46 heavy (non-hydrogen) atoms. The number of ether oxygens (including phenoxy) is 1. The number of aliphatic carboxylic acids is 2. The van der Waals surface area contributed by atoms with Gasteiger partial charge in [-0.05, 0) is 67.3 Å². The lowest BCUT2D eigenvalue weighted by Gasteiger charge is -2.23. The molecule has 1 heterocycles. The van der Waals surface area contributed by atoms with Crippen molar-refractivity contribution >= 4 is 40.8 Å². The van der Waals surface area contributed by atoms with Gasteiger partial charge in [0.1, 0.15) is 11.5 Å². The maximum Gasteiger partial charge on any atom is 0.325 e. The standard InChI is InChI=1S/C15H14O3.C14H19Cl2NO2.C4H3FN2O2/c1-11(15(16)17)12-6-5-9-14(10-12)18-13-7-3-2-4-8-13;15-8-10-17(11-9-16)13-6-4-12(5-7-13)2-1-3-14(18)19;5-2-1-6-4(9)7-3(2)8/h2-11H,1H3,(H,16,17);4-7H,1-3,8-11H2,(H,18,19);1H,(H2,6,7,8,9). The summed E-state index contributed by atoms with van der Waals surface area (Å²) >= 11 is 11.5. The monoisotopic (exact) mass is 675 g/mol. The molecule has 4 N–H and O–H groups in total. The highest BCUT2D eigenvalue weighted by Gasteiger charge is 2.14. The molecule has 3 aromatic carbocycles. The summed E-state index contributed by atoms with van der Waals surface area (Å²) in [5.41, 5.74) is 1.28. The van der Waals surface area contributed by atoms with Crippen molar-refractivity contribution in [3.05, 3.63) is 123 Å². The number of carboxylic acid groups (broad SMARTS) is 2. The molecule has 0 amide bonds. The number of halogens is 3. The number of hydrogen-bond acceptors (Lipinski definition) is 6. The smallest absolute Gasteiger partial charge is 0.325 e. The third-order valence-electron chi connectivity index (χ3n) is 6.35. The van der Waals surface area contributed by atoms with Crippen LogP contribution >= 0.6 is 23.2 Å². The van der Waals surface area contributed by atoms with Crippen LogP contribution in [0.15, 0.2) is 94.6 Å². The van der Waals surface area contributed by atoms with Crippen LogP contribution in [0.25, 0.3) is 0 Å². The van der Waals surface area contributed by atoms with Gasteiger partial charge in [0.15, 0.2) is 0 Å². The molecular formula is C33H36Cl2FN3O7. The van der Waals surface area contributed by atoms with Gasteiger partial charge in [0, 0.05) is 43.2 Å². The van der Waals surface area contributed by atoms with Gasteiger partial charge in [-0.3, -0.25) is 19.4 Å². The van der Waals surface area contributed by atoms with E-state index in [4.69, 9.17) is 38.2 Å². The maximum absolute atomic E-state index is 12.0. The molecule has 0 saturated heterocycles. The van der Waals surface area contributed by atoms with Crippen molar-refractivity contribution in [1.29, 1.82) is 0 Å². The zero-order valence-electron chi connectivity index (χ0n) is 25.1. The van der Waals surface area contributed by atoms with Gasteiger partial charge in [-0.15, -0.1) is 23.2 Å². The highest BCUT2D eigenvalue weighted by molar-refractivity contribution is 6.18. The van der Waals surface area contributed by atoms with Crippen LogP contribution in [0, 0.1) is 5.82 Å². The molecule has 0 fully saturated rings. The number of aromatic amines is 2. The molecule has 1 atom stereocenters. The summed E-state index contributed by atoms with van der Waals surface area (Å²) in [6.07, 6.45) is 2.38. The lowest BCUT2D eigenvalue weighted by atomic mass is 10.0. The van der Waals surface area contributed by atoms with E-state index in [9.17, 15) is 23.6 Å². The average molecular weight is 677 g/mol. The first-order chi connectivity index (χ1) is 22.0. The van der Waals surface area contributed by atoms with Gasteiger partial charge in [0.25, 0.3) is 5.56 Å². The molecular weight excluding hydrogens is 640 g/mol.